The van der Waals surface area contributed by atoms with Crippen LogP contribution >= 0.6 is 0 Å². The molecular formula is C31H36O6. The summed E-state index contributed by atoms with van der Waals surface area (Å²) in [5.74, 6) is 0.347. The number of aryl methyl sites for hydroxylation is 1. The number of carboxylic acids is 2. The second-order valence-corrected chi connectivity index (χ2v) is 9.24. The summed E-state index contributed by atoms with van der Waals surface area (Å²) in [5.41, 5.74) is 2.33. The van der Waals surface area contributed by atoms with Crippen molar-refractivity contribution in [2.75, 3.05) is 6.61 Å². The molecule has 0 spiro atoms. The highest BCUT2D eigenvalue weighted by Gasteiger charge is 2.10. The average Bonchev–Trinajstić information content (AvgIpc) is 3.41. The van der Waals surface area contributed by atoms with E-state index in [-0.39, 0.29) is 17.9 Å². The van der Waals surface area contributed by atoms with E-state index in [1.54, 1.807) is 18.4 Å². The number of unbranched alkanes of at least 4 members (excludes halogenated alkanes) is 3. The number of carboxylic acid groups (broad SMARTS) is 2. The van der Waals surface area contributed by atoms with Gasteiger partial charge in [0, 0.05) is 18.4 Å². The summed E-state index contributed by atoms with van der Waals surface area (Å²) in [6.45, 7) is 0.650. The van der Waals surface area contributed by atoms with Gasteiger partial charge in [-0.25, -0.2) is 4.79 Å². The quantitative estimate of drug-likeness (QED) is 0.187. The first-order valence-electron chi connectivity index (χ1n) is 13.0. The van der Waals surface area contributed by atoms with Gasteiger partial charge in [-0.3, -0.25) is 4.79 Å². The first-order valence-corrected chi connectivity index (χ1v) is 13.0. The first-order chi connectivity index (χ1) is 18.0. The Labute approximate surface area is 218 Å². The van der Waals surface area contributed by atoms with E-state index in [0.29, 0.717) is 13.0 Å². The highest BCUT2D eigenvalue weighted by atomic mass is 16.5. The minimum Gasteiger partial charge on any atom is -0.493 e. The molecule has 0 aliphatic heterocycles. The Morgan fingerprint density at radius 3 is 2.43 bits per heavy atom. The van der Waals surface area contributed by atoms with Crippen molar-refractivity contribution in [2.24, 2.45) is 5.92 Å². The molecule has 0 aliphatic carbocycles. The van der Waals surface area contributed by atoms with E-state index in [2.05, 4.69) is 12.2 Å². The zero-order valence-corrected chi connectivity index (χ0v) is 21.2. The summed E-state index contributed by atoms with van der Waals surface area (Å²) < 4.78 is 11.5. The molecule has 2 aromatic carbocycles. The zero-order valence-electron chi connectivity index (χ0n) is 21.2. The van der Waals surface area contributed by atoms with Gasteiger partial charge in [-0.05, 0) is 80.3 Å². The molecule has 0 amide bonds. The lowest BCUT2D eigenvalue weighted by atomic mass is 9.92. The summed E-state index contributed by atoms with van der Waals surface area (Å²) in [6.07, 6.45) is 13.2. The molecule has 1 aromatic heterocycles. The van der Waals surface area contributed by atoms with Gasteiger partial charge in [-0.2, -0.15) is 0 Å². The van der Waals surface area contributed by atoms with Crippen LogP contribution in [0.4, 0.5) is 0 Å². The van der Waals surface area contributed by atoms with Crippen LogP contribution in [0.15, 0.2) is 77.4 Å². The van der Waals surface area contributed by atoms with Gasteiger partial charge in [-0.15, -0.1) is 0 Å². The molecule has 196 valence electrons. The standard InChI is InChI=1S/C31H36O6/c32-30(33)14-6-3-9-24(23-25-16-19-27(20-17-25)31(34)35)15-18-26-10-4-5-13-29(26)37-21-7-1-2-11-28-12-8-22-36-28/h4-5,8,10,12-13,15-20,22,24H,1-3,6-7,9,11,14,21,23H2,(H,32,33)(H,34,35)/b18-15+. The van der Waals surface area contributed by atoms with Crippen LogP contribution in [0, 0.1) is 5.92 Å². The van der Waals surface area contributed by atoms with Crippen LogP contribution in [0.5, 0.6) is 5.75 Å². The minimum absolute atomic E-state index is 0.169. The maximum Gasteiger partial charge on any atom is 0.335 e. The van der Waals surface area contributed by atoms with Crippen LogP contribution in [-0.4, -0.2) is 28.8 Å². The van der Waals surface area contributed by atoms with E-state index >= 15 is 0 Å². The third-order valence-electron chi connectivity index (χ3n) is 6.29. The van der Waals surface area contributed by atoms with Crippen LogP contribution in [0.3, 0.4) is 0 Å². The molecule has 0 saturated heterocycles. The number of hydrogen-bond acceptors (Lipinski definition) is 4. The Morgan fingerprint density at radius 2 is 1.70 bits per heavy atom. The van der Waals surface area contributed by atoms with Crippen molar-refractivity contribution >= 4 is 18.0 Å². The van der Waals surface area contributed by atoms with Gasteiger partial charge in [0.1, 0.15) is 11.5 Å². The number of hydrogen-bond donors (Lipinski definition) is 2. The molecule has 6 nitrogen and oxygen atoms in total. The number of aromatic carboxylic acids is 1. The fourth-order valence-electron chi connectivity index (χ4n) is 4.24. The molecule has 1 heterocycles. The van der Waals surface area contributed by atoms with E-state index < -0.39 is 11.9 Å². The smallest absolute Gasteiger partial charge is 0.335 e. The van der Waals surface area contributed by atoms with Crippen LogP contribution in [-0.2, 0) is 17.6 Å². The molecule has 0 bridgehead atoms. The average molecular weight is 505 g/mol. The molecule has 0 saturated carbocycles. The molecule has 2 N–H and O–H groups in total. The van der Waals surface area contributed by atoms with Gasteiger partial charge >= 0.3 is 11.9 Å². The maximum absolute atomic E-state index is 11.2. The molecule has 0 fully saturated rings. The Balaban J connectivity index is 1.56. The van der Waals surface area contributed by atoms with Gasteiger partial charge in [-0.1, -0.05) is 48.9 Å². The third-order valence-corrected chi connectivity index (χ3v) is 6.29. The number of benzene rings is 2. The lowest BCUT2D eigenvalue weighted by Crippen LogP contribution is -2.04. The number of furan rings is 1. The fraction of sp³-hybridized carbons (Fsp3) is 0.355. The number of carbonyl (C=O) groups is 2. The van der Waals surface area contributed by atoms with Gasteiger partial charge in [0.2, 0.25) is 0 Å². The van der Waals surface area contributed by atoms with E-state index in [0.717, 1.165) is 67.6 Å². The topological polar surface area (TPSA) is 97.0 Å². The van der Waals surface area contributed by atoms with Crippen LogP contribution in [0.2, 0.25) is 0 Å². The molecule has 0 radical (unpaired) electrons. The monoisotopic (exact) mass is 504 g/mol. The van der Waals surface area contributed by atoms with E-state index in [4.69, 9.17) is 19.4 Å². The van der Waals surface area contributed by atoms with Crippen molar-refractivity contribution in [3.63, 3.8) is 0 Å². The second-order valence-electron chi connectivity index (χ2n) is 9.24. The third kappa shape index (κ3) is 10.4. The number of ether oxygens (including phenoxy) is 1. The summed E-state index contributed by atoms with van der Waals surface area (Å²) >= 11 is 0. The second kappa shape index (κ2) is 15.3. The largest absolute Gasteiger partial charge is 0.493 e. The van der Waals surface area contributed by atoms with Gasteiger partial charge in [0.15, 0.2) is 0 Å². The fourth-order valence-corrected chi connectivity index (χ4v) is 4.24. The molecule has 3 rings (SSSR count). The van der Waals surface area contributed by atoms with Crippen molar-refractivity contribution in [3.8, 4) is 5.75 Å². The molecule has 6 heteroatoms. The molecule has 1 atom stereocenters. The molecule has 0 aliphatic rings. The Bertz CT molecular complexity index is 1110. The number of para-hydroxylation sites is 1. The first kappa shape index (κ1) is 27.8. The normalized spacial score (nSPS) is 12.0. The molecular weight excluding hydrogens is 468 g/mol. The summed E-state index contributed by atoms with van der Waals surface area (Å²) in [7, 11) is 0. The van der Waals surface area contributed by atoms with Crippen LogP contribution in [0.1, 0.15) is 72.2 Å². The van der Waals surface area contributed by atoms with Crippen molar-refractivity contribution in [1.29, 1.82) is 0 Å². The number of rotatable bonds is 17. The highest BCUT2D eigenvalue weighted by molar-refractivity contribution is 5.87. The number of allylic oxidation sites excluding steroid dienone is 1. The predicted molar refractivity (Wildman–Crippen MR) is 144 cm³/mol. The lowest BCUT2D eigenvalue weighted by molar-refractivity contribution is -0.137. The van der Waals surface area contributed by atoms with Crippen molar-refractivity contribution < 1.29 is 29.0 Å². The van der Waals surface area contributed by atoms with E-state index in [9.17, 15) is 9.59 Å². The Kier molecular flexibility index (Phi) is 11.5. The zero-order chi connectivity index (χ0) is 26.3. The molecule has 3 aromatic rings. The highest BCUT2D eigenvalue weighted by Crippen LogP contribution is 2.24. The molecule has 37 heavy (non-hydrogen) atoms. The lowest BCUT2D eigenvalue weighted by Gasteiger charge is -2.14. The molecule has 1 unspecified atom stereocenters. The Hall–Kier alpha value is -3.80. The van der Waals surface area contributed by atoms with Gasteiger partial charge in [0.25, 0.3) is 0 Å². The Morgan fingerprint density at radius 1 is 0.892 bits per heavy atom. The maximum atomic E-state index is 11.2. The van der Waals surface area contributed by atoms with E-state index in [1.165, 1.54) is 0 Å². The summed E-state index contributed by atoms with van der Waals surface area (Å²) in [6, 6.07) is 18.8. The van der Waals surface area contributed by atoms with Gasteiger partial charge in [0.05, 0.1) is 18.4 Å². The SMILES string of the molecule is O=C(O)CCCCC(/C=C/c1ccccc1OCCCCCc1ccco1)Cc1ccc(C(=O)O)cc1. The van der Waals surface area contributed by atoms with Crippen LogP contribution < -0.4 is 4.74 Å². The minimum atomic E-state index is -0.939. The van der Waals surface area contributed by atoms with E-state index in [1.807, 2.05) is 48.5 Å². The van der Waals surface area contributed by atoms with Gasteiger partial charge < -0.3 is 19.4 Å². The van der Waals surface area contributed by atoms with Crippen molar-refractivity contribution in [3.05, 3.63) is 95.5 Å². The summed E-state index contributed by atoms with van der Waals surface area (Å²) in [5, 5.41) is 18.1. The van der Waals surface area contributed by atoms with Crippen molar-refractivity contribution in [1.82, 2.24) is 0 Å². The predicted octanol–water partition coefficient (Wildman–Crippen LogP) is 7.29. The van der Waals surface area contributed by atoms with Crippen molar-refractivity contribution in [2.45, 2.75) is 57.8 Å². The van der Waals surface area contributed by atoms with Crippen LogP contribution in [0.25, 0.3) is 6.08 Å². The summed E-state index contributed by atoms with van der Waals surface area (Å²) in [4.78, 5) is 22.0. The number of aliphatic carboxylic acids is 1.